The van der Waals surface area contributed by atoms with Crippen LogP contribution in [0.1, 0.15) is 33.1 Å². The highest BCUT2D eigenvalue weighted by Crippen LogP contribution is 2.35. The molecule has 1 aliphatic carbocycles. The normalized spacial score (nSPS) is 22.9. The van der Waals surface area contributed by atoms with Crippen molar-refractivity contribution < 1.29 is 28.7 Å². The number of fused-ring (bicyclic) bond motifs is 1. The van der Waals surface area contributed by atoms with Crippen LogP contribution >= 0.6 is 0 Å². The second kappa shape index (κ2) is 9.17. The molecule has 0 bridgehead atoms. The lowest BCUT2D eigenvalue weighted by molar-refractivity contribution is -0.151. The predicted octanol–water partition coefficient (Wildman–Crippen LogP) is 1.52. The summed E-state index contributed by atoms with van der Waals surface area (Å²) >= 11 is 0. The molecule has 2 aliphatic heterocycles. The molecule has 3 aliphatic rings. The van der Waals surface area contributed by atoms with Gasteiger partial charge in [-0.3, -0.25) is 28.9 Å². The molecule has 174 valence electrons. The molecular weight excluding hydrogens is 426 g/mol. The molecule has 9 nitrogen and oxygen atoms in total. The number of amides is 5. The average molecular weight is 453 g/mol. The lowest BCUT2D eigenvalue weighted by Crippen LogP contribution is -2.55. The highest BCUT2D eigenvalue weighted by Gasteiger charge is 2.49. The van der Waals surface area contributed by atoms with Crippen LogP contribution in [0.3, 0.4) is 0 Å². The number of hydrogen-bond acceptors (Lipinski definition) is 6. The number of nitrogens with zero attached hydrogens (tertiary/aromatic N) is 3. The van der Waals surface area contributed by atoms with E-state index in [0.717, 1.165) is 4.90 Å². The summed E-state index contributed by atoms with van der Waals surface area (Å²) in [4.78, 5) is 66.8. The third-order valence-electron chi connectivity index (χ3n) is 6.18. The number of para-hydroxylation sites is 2. The van der Waals surface area contributed by atoms with Crippen LogP contribution in [0.2, 0.25) is 0 Å². The minimum absolute atomic E-state index is 0.0357. The van der Waals surface area contributed by atoms with Gasteiger partial charge in [-0.2, -0.15) is 0 Å². The van der Waals surface area contributed by atoms with Crippen LogP contribution in [0, 0.1) is 11.8 Å². The van der Waals surface area contributed by atoms with Crippen molar-refractivity contribution in [2.24, 2.45) is 11.8 Å². The van der Waals surface area contributed by atoms with E-state index < -0.39 is 41.4 Å². The summed E-state index contributed by atoms with van der Waals surface area (Å²) in [5.41, 5.74) is 0.518. The molecule has 2 saturated heterocycles. The zero-order chi connectivity index (χ0) is 23.7. The lowest BCUT2D eigenvalue weighted by atomic mass is 9.85. The Morgan fingerprint density at radius 1 is 0.970 bits per heavy atom. The first kappa shape index (κ1) is 22.7. The topological polar surface area (TPSA) is 104 Å². The second-order valence-corrected chi connectivity index (χ2v) is 8.69. The number of allylic oxidation sites excluding steroid dienone is 2. The molecule has 2 atom stereocenters. The van der Waals surface area contributed by atoms with Gasteiger partial charge in [-0.25, -0.2) is 4.90 Å². The number of carbonyl (C=O) groups is 5. The van der Waals surface area contributed by atoms with Crippen LogP contribution in [0.15, 0.2) is 36.4 Å². The van der Waals surface area contributed by atoms with Gasteiger partial charge in [0, 0.05) is 26.1 Å². The molecule has 1 aromatic carbocycles. The average Bonchev–Trinajstić information content (AvgIpc) is 3.05. The molecule has 2 heterocycles. The standard InChI is InChI=1S/C24H27N3O6/c1-15(2)33-19-10-6-5-9-18(19)26-14-13-25(23(31)24(26)32)12-11-20(28)27-21(29)16-7-3-4-8-17(16)22(27)30/h3-6,9-10,15-17H,7-8,11-14H2,1-2H3. The molecule has 0 aromatic heterocycles. The fourth-order valence-corrected chi connectivity index (χ4v) is 4.54. The summed E-state index contributed by atoms with van der Waals surface area (Å²) in [6.45, 7) is 4.19. The molecule has 4 rings (SSSR count). The van der Waals surface area contributed by atoms with Gasteiger partial charge in [-0.1, -0.05) is 24.3 Å². The Labute approximate surface area is 191 Å². The van der Waals surface area contributed by atoms with Gasteiger partial charge in [0.25, 0.3) is 0 Å². The lowest BCUT2D eigenvalue weighted by Gasteiger charge is -2.34. The molecule has 5 amide bonds. The van der Waals surface area contributed by atoms with Gasteiger partial charge in [0.05, 0.1) is 23.6 Å². The number of rotatable bonds is 6. The third kappa shape index (κ3) is 4.27. The summed E-state index contributed by atoms with van der Waals surface area (Å²) in [6.07, 6.45) is 4.32. The predicted molar refractivity (Wildman–Crippen MR) is 118 cm³/mol. The first-order valence-corrected chi connectivity index (χ1v) is 11.2. The van der Waals surface area contributed by atoms with Gasteiger partial charge in [0.2, 0.25) is 17.7 Å². The minimum Gasteiger partial charge on any atom is -0.489 e. The maximum Gasteiger partial charge on any atom is 0.316 e. The zero-order valence-electron chi connectivity index (χ0n) is 18.7. The Hall–Kier alpha value is -3.49. The zero-order valence-corrected chi connectivity index (χ0v) is 18.7. The summed E-state index contributed by atoms with van der Waals surface area (Å²) < 4.78 is 5.77. The van der Waals surface area contributed by atoms with Crippen molar-refractivity contribution in [3.8, 4) is 5.75 Å². The number of anilines is 1. The molecule has 2 fully saturated rings. The van der Waals surface area contributed by atoms with Gasteiger partial charge >= 0.3 is 11.8 Å². The molecule has 1 aromatic rings. The number of likely N-dealkylation sites (tertiary alicyclic amines) is 1. The van der Waals surface area contributed by atoms with Crippen molar-refractivity contribution in [1.29, 1.82) is 0 Å². The van der Waals surface area contributed by atoms with Crippen molar-refractivity contribution in [3.63, 3.8) is 0 Å². The van der Waals surface area contributed by atoms with E-state index >= 15 is 0 Å². The maximum absolute atomic E-state index is 12.8. The summed E-state index contributed by atoms with van der Waals surface area (Å²) in [6, 6.07) is 7.03. The first-order chi connectivity index (χ1) is 15.8. The summed E-state index contributed by atoms with van der Waals surface area (Å²) in [7, 11) is 0. The molecule has 0 radical (unpaired) electrons. The summed E-state index contributed by atoms with van der Waals surface area (Å²) in [5, 5.41) is 0. The Bertz CT molecular complexity index is 1010. The van der Waals surface area contributed by atoms with Crippen molar-refractivity contribution in [1.82, 2.24) is 9.80 Å². The number of hydrogen-bond donors (Lipinski definition) is 0. The summed E-state index contributed by atoms with van der Waals surface area (Å²) in [5.74, 6) is -3.44. The Balaban J connectivity index is 1.39. The van der Waals surface area contributed by atoms with Crippen molar-refractivity contribution in [2.75, 3.05) is 24.5 Å². The Morgan fingerprint density at radius 2 is 1.61 bits per heavy atom. The SMILES string of the molecule is CC(C)Oc1ccccc1N1CCN(CCC(=O)N2C(=O)C3CC=CCC3C2=O)C(=O)C1=O. The molecular formula is C24H27N3O6. The molecule has 2 unspecified atom stereocenters. The van der Waals surface area contributed by atoms with Gasteiger partial charge in [0.1, 0.15) is 5.75 Å². The van der Waals surface area contributed by atoms with E-state index in [1.807, 2.05) is 26.0 Å². The molecule has 0 saturated carbocycles. The Morgan fingerprint density at radius 3 is 2.24 bits per heavy atom. The van der Waals surface area contributed by atoms with Crippen LogP contribution in [0.25, 0.3) is 0 Å². The van der Waals surface area contributed by atoms with E-state index in [4.69, 9.17) is 4.74 Å². The second-order valence-electron chi connectivity index (χ2n) is 8.69. The van der Waals surface area contributed by atoms with E-state index in [9.17, 15) is 24.0 Å². The third-order valence-corrected chi connectivity index (χ3v) is 6.18. The van der Waals surface area contributed by atoms with E-state index in [2.05, 4.69) is 0 Å². The number of piperazine rings is 1. The van der Waals surface area contributed by atoms with Crippen molar-refractivity contribution in [3.05, 3.63) is 36.4 Å². The maximum atomic E-state index is 12.8. The van der Waals surface area contributed by atoms with Crippen LogP contribution in [0.4, 0.5) is 5.69 Å². The molecule has 0 N–H and O–H groups in total. The smallest absolute Gasteiger partial charge is 0.316 e. The van der Waals surface area contributed by atoms with E-state index in [0.29, 0.717) is 24.3 Å². The van der Waals surface area contributed by atoms with Crippen LogP contribution in [0.5, 0.6) is 5.75 Å². The quantitative estimate of drug-likeness (QED) is 0.367. The van der Waals surface area contributed by atoms with Crippen molar-refractivity contribution >= 4 is 35.2 Å². The van der Waals surface area contributed by atoms with Crippen LogP contribution in [-0.2, 0) is 24.0 Å². The van der Waals surface area contributed by atoms with Gasteiger partial charge in [0.15, 0.2) is 0 Å². The van der Waals surface area contributed by atoms with E-state index in [-0.39, 0.29) is 32.2 Å². The Kier molecular flexibility index (Phi) is 6.31. The minimum atomic E-state index is -0.731. The highest BCUT2D eigenvalue weighted by atomic mass is 16.5. The van der Waals surface area contributed by atoms with Crippen LogP contribution < -0.4 is 9.64 Å². The van der Waals surface area contributed by atoms with Crippen LogP contribution in [-0.4, -0.2) is 65.1 Å². The number of imide groups is 3. The molecule has 9 heteroatoms. The monoisotopic (exact) mass is 453 g/mol. The van der Waals surface area contributed by atoms with E-state index in [1.54, 1.807) is 24.3 Å². The number of benzene rings is 1. The molecule has 33 heavy (non-hydrogen) atoms. The van der Waals surface area contributed by atoms with Crippen molar-refractivity contribution in [2.45, 2.75) is 39.2 Å². The highest BCUT2D eigenvalue weighted by molar-refractivity contribution is 6.41. The number of ether oxygens (including phenoxy) is 1. The van der Waals surface area contributed by atoms with Gasteiger partial charge in [-0.05, 0) is 38.8 Å². The fraction of sp³-hybridized carbons (Fsp3) is 0.458. The van der Waals surface area contributed by atoms with E-state index in [1.165, 1.54) is 9.80 Å². The largest absolute Gasteiger partial charge is 0.489 e. The number of carbonyl (C=O) groups excluding carboxylic acids is 5. The fourth-order valence-electron chi connectivity index (χ4n) is 4.54. The molecule has 0 spiro atoms. The van der Waals surface area contributed by atoms with Gasteiger partial charge in [-0.15, -0.1) is 0 Å². The van der Waals surface area contributed by atoms with Gasteiger partial charge < -0.3 is 9.64 Å². The first-order valence-electron chi connectivity index (χ1n) is 11.2.